The molecular weight excluding hydrogens is 222 g/mol. The SMILES string of the molecule is COC(=O)CCN(C(=O)C(C)C)C(C)(C)CO. The van der Waals surface area contributed by atoms with Crippen molar-refractivity contribution >= 4 is 11.9 Å². The third kappa shape index (κ3) is 4.73. The van der Waals surface area contributed by atoms with Crippen LogP contribution in [-0.2, 0) is 14.3 Å². The van der Waals surface area contributed by atoms with Gasteiger partial charge in [0.15, 0.2) is 0 Å². The Balaban J connectivity index is 4.75. The van der Waals surface area contributed by atoms with Gasteiger partial charge in [-0.05, 0) is 13.8 Å². The van der Waals surface area contributed by atoms with Crippen LogP contribution in [-0.4, -0.2) is 47.7 Å². The van der Waals surface area contributed by atoms with Crippen LogP contribution in [0.3, 0.4) is 0 Å². The summed E-state index contributed by atoms with van der Waals surface area (Å²) in [4.78, 5) is 24.6. The lowest BCUT2D eigenvalue weighted by Crippen LogP contribution is -2.52. The van der Waals surface area contributed by atoms with Crippen LogP contribution in [0.4, 0.5) is 0 Å². The number of hydrogen-bond acceptors (Lipinski definition) is 4. The van der Waals surface area contributed by atoms with E-state index in [1.54, 1.807) is 27.7 Å². The van der Waals surface area contributed by atoms with Gasteiger partial charge in [-0.1, -0.05) is 13.8 Å². The molecule has 0 atom stereocenters. The van der Waals surface area contributed by atoms with Gasteiger partial charge >= 0.3 is 5.97 Å². The summed E-state index contributed by atoms with van der Waals surface area (Å²) in [6, 6.07) is 0. The number of ether oxygens (including phenoxy) is 1. The van der Waals surface area contributed by atoms with Crippen LogP contribution in [0.5, 0.6) is 0 Å². The van der Waals surface area contributed by atoms with Crippen LogP contribution in [0.25, 0.3) is 0 Å². The molecule has 0 aromatic carbocycles. The Morgan fingerprint density at radius 1 is 1.35 bits per heavy atom. The van der Waals surface area contributed by atoms with Gasteiger partial charge in [0.1, 0.15) is 0 Å². The van der Waals surface area contributed by atoms with E-state index in [2.05, 4.69) is 4.74 Å². The van der Waals surface area contributed by atoms with E-state index in [1.807, 2.05) is 0 Å². The van der Waals surface area contributed by atoms with Crippen molar-refractivity contribution in [2.45, 2.75) is 39.7 Å². The summed E-state index contributed by atoms with van der Waals surface area (Å²) >= 11 is 0. The molecule has 0 saturated heterocycles. The lowest BCUT2D eigenvalue weighted by molar-refractivity contribution is -0.145. The van der Waals surface area contributed by atoms with E-state index in [-0.39, 0.29) is 37.4 Å². The first-order chi connectivity index (χ1) is 7.76. The Kier molecular flexibility index (Phi) is 6.16. The van der Waals surface area contributed by atoms with Gasteiger partial charge in [0.05, 0.1) is 25.7 Å². The average Bonchev–Trinajstić information content (AvgIpc) is 2.28. The third-order valence-corrected chi connectivity index (χ3v) is 2.64. The Hall–Kier alpha value is -1.10. The van der Waals surface area contributed by atoms with Crippen molar-refractivity contribution in [1.82, 2.24) is 4.90 Å². The zero-order valence-electron chi connectivity index (χ0n) is 11.3. The molecule has 0 aliphatic rings. The predicted octanol–water partition coefficient (Wildman–Crippen LogP) is 0.805. The number of amides is 1. The average molecular weight is 245 g/mol. The first kappa shape index (κ1) is 15.9. The van der Waals surface area contributed by atoms with Crippen LogP contribution < -0.4 is 0 Å². The van der Waals surface area contributed by atoms with Crippen molar-refractivity contribution in [3.8, 4) is 0 Å². The maximum absolute atomic E-state index is 12.0. The summed E-state index contributed by atoms with van der Waals surface area (Å²) in [6.07, 6.45) is 0.137. The fourth-order valence-corrected chi connectivity index (χ4v) is 1.41. The van der Waals surface area contributed by atoms with E-state index in [4.69, 9.17) is 0 Å². The highest BCUT2D eigenvalue weighted by Gasteiger charge is 2.31. The van der Waals surface area contributed by atoms with Crippen molar-refractivity contribution in [3.63, 3.8) is 0 Å². The Morgan fingerprint density at radius 3 is 2.24 bits per heavy atom. The smallest absolute Gasteiger partial charge is 0.307 e. The fourth-order valence-electron chi connectivity index (χ4n) is 1.41. The van der Waals surface area contributed by atoms with Crippen LogP contribution in [0.2, 0.25) is 0 Å². The van der Waals surface area contributed by atoms with E-state index in [0.29, 0.717) is 0 Å². The molecule has 0 bridgehead atoms. The van der Waals surface area contributed by atoms with Crippen LogP contribution in [0.15, 0.2) is 0 Å². The first-order valence-electron chi connectivity index (χ1n) is 5.75. The van der Waals surface area contributed by atoms with E-state index < -0.39 is 5.54 Å². The Labute approximate surface area is 103 Å². The summed E-state index contributed by atoms with van der Waals surface area (Å²) in [5.74, 6) is -0.605. The molecule has 100 valence electrons. The standard InChI is InChI=1S/C12H23NO4/c1-9(2)11(16)13(12(3,4)8-14)7-6-10(15)17-5/h9,14H,6-8H2,1-5H3. The minimum absolute atomic E-state index is 0.0760. The van der Waals surface area contributed by atoms with Crippen molar-refractivity contribution in [1.29, 1.82) is 0 Å². The number of aliphatic hydroxyl groups is 1. The molecule has 0 aromatic heterocycles. The first-order valence-corrected chi connectivity index (χ1v) is 5.75. The maximum atomic E-state index is 12.0. The molecule has 0 saturated carbocycles. The quantitative estimate of drug-likeness (QED) is 0.703. The van der Waals surface area contributed by atoms with Crippen molar-refractivity contribution in [2.75, 3.05) is 20.3 Å². The monoisotopic (exact) mass is 245 g/mol. The second-order valence-corrected chi connectivity index (χ2v) is 4.94. The number of hydrogen-bond donors (Lipinski definition) is 1. The van der Waals surface area contributed by atoms with Gasteiger partial charge in [-0.3, -0.25) is 9.59 Å². The number of carbonyl (C=O) groups is 2. The number of esters is 1. The molecule has 0 unspecified atom stereocenters. The highest BCUT2D eigenvalue weighted by Crippen LogP contribution is 2.17. The highest BCUT2D eigenvalue weighted by molar-refractivity contribution is 5.79. The van der Waals surface area contributed by atoms with Gasteiger partial charge in [0.25, 0.3) is 0 Å². The van der Waals surface area contributed by atoms with Gasteiger partial charge in [-0.2, -0.15) is 0 Å². The van der Waals surface area contributed by atoms with E-state index in [0.717, 1.165) is 0 Å². The summed E-state index contributed by atoms with van der Waals surface area (Å²) in [5.41, 5.74) is -0.671. The van der Waals surface area contributed by atoms with Gasteiger partial charge in [0.2, 0.25) is 5.91 Å². The van der Waals surface area contributed by atoms with Crippen LogP contribution in [0.1, 0.15) is 34.1 Å². The van der Waals surface area contributed by atoms with E-state index in [9.17, 15) is 14.7 Å². The van der Waals surface area contributed by atoms with Gasteiger partial charge < -0.3 is 14.7 Å². The molecule has 0 aliphatic carbocycles. The predicted molar refractivity (Wildman–Crippen MR) is 64.3 cm³/mol. The fraction of sp³-hybridized carbons (Fsp3) is 0.833. The summed E-state index contributed by atoms with van der Waals surface area (Å²) < 4.78 is 4.55. The summed E-state index contributed by atoms with van der Waals surface area (Å²) in [5, 5.41) is 9.31. The van der Waals surface area contributed by atoms with Crippen molar-refractivity contribution in [3.05, 3.63) is 0 Å². The summed E-state index contributed by atoms with van der Waals surface area (Å²) in [7, 11) is 1.31. The van der Waals surface area contributed by atoms with E-state index >= 15 is 0 Å². The lowest BCUT2D eigenvalue weighted by atomic mass is 10.0. The van der Waals surface area contributed by atoms with Crippen LogP contribution >= 0.6 is 0 Å². The largest absolute Gasteiger partial charge is 0.469 e. The van der Waals surface area contributed by atoms with Crippen molar-refractivity contribution in [2.24, 2.45) is 5.92 Å². The molecule has 1 amide bonds. The van der Waals surface area contributed by atoms with Gasteiger partial charge in [0, 0.05) is 12.5 Å². The van der Waals surface area contributed by atoms with E-state index in [1.165, 1.54) is 12.0 Å². The molecule has 1 N–H and O–H groups in total. The second-order valence-electron chi connectivity index (χ2n) is 4.94. The van der Waals surface area contributed by atoms with Crippen LogP contribution in [0, 0.1) is 5.92 Å². The molecule has 0 aliphatic heterocycles. The third-order valence-electron chi connectivity index (χ3n) is 2.64. The number of methoxy groups -OCH3 is 1. The maximum Gasteiger partial charge on any atom is 0.307 e. The highest BCUT2D eigenvalue weighted by atomic mass is 16.5. The number of aliphatic hydroxyl groups excluding tert-OH is 1. The minimum atomic E-state index is -0.671. The number of rotatable bonds is 6. The second kappa shape index (κ2) is 6.59. The molecule has 5 heteroatoms. The Morgan fingerprint density at radius 2 is 1.88 bits per heavy atom. The normalized spacial score (nSPS) is 11.5. The topological polar surface area (TPSA) is 66.8 Å². The molecule has 0 heterocycles. The minimum Gasteiger partial charge on any atom is -0.469 e. The van der Waals surface area contributed by atoms with Gasteiger partial charge in [-0.15, -0.1) is 0 Å². The lowest BCUT2D eigenvalue weighted by Gasteiger charge is -2.38. The molecule has 17 heavy (non-hydrogen) atoms. The molecule has 0 rings (SSSR count). The molecule has 0 radical (unpaired) electrons. The number of nitrogens with zero attached hydrogens (tertiary/aromatic N) is 1. The molecule has 0 spiro atoms. The Bertz CT molecular complexity index is 274. The molecule has 0 aromatic rings. The van der Waals surface area contributed by atoms with Gasteiger partial charge in [-0.25, -0.2) is 0 Å². The zero-order chi connectivity index (χ0) is 13.6. The molecular formula is C12H23NO4. The number of carbonyl (C=O) groups excluding carboxylic acids is 2. The zero-order valence-corrected chi connectivity index (χ0v) is 11.3. The van der Waals surface area contributed by atoms with Crippen molar-refractivity contribution < 1.29 is 19.4 Å². The summed E-state index contributed by atoms with van der Waals surface area (Å²) in [6.45, 7) is 7.24. The molecule has 5 nitrogen and oxygen atoms in total. The molecule has 0 fully saturated rings.